The van der Waals surface area contributed by atoms with Gasteiger partial charge in [0, 0.05) is 24.1 Å². The number of hydrogen-bond acceptors (Lipinski definition) is 3. The number of carbonyl (C=O) groups is 1. The maximum absolute atomic E-state index is 12.3. The standard InChI is InChI=1S/C15H19F3N2O2.ClH/c16-15(17,18)22-13-7-2-1-4-11(13)9-20-14(21)10-5-3-6-12(19)8-10;/h1-2,4,7,10,12H,3,5-6,8-9,19H2,(H,20,21);1H. The van der Waals surface area contributed by atoms with Crippen LogP contribution in [0.3, 0.4) is 0 Å². The number of ether oxygens (including phenoxy) is 1. The predicted molar refractivity (Wildman–Crippen MR) is 82.2 cm³/mol. The van der Waals surface area contributed by atoms with Gasteiger partial charge < -0.3 is 15.8 Å². The van der Waals surface area contributed by atoms with Gasteiger partial charge in [-0.15, -0.1) is 25.6 Å². The van der Waals surface area contributed by atoms with Gasteiger partial charge in [-0.2, -0.15) is 0 Å². The van der Waals surface area contributed by atoms with Crippen LogP contribution in [0, 0.1) is 5.92 Å². The van der Waals surface area contributed by atoms with Gasteiger partial charge >= 0.3 is 6.36 Å². The molecule has 3 N–H and O–H groups in total. The van der Waals surface area contributed by atoms with E-state index in [1.807, 2.05) is 0 Å². The number of rotatable bonds is 4. The first kappa shape index (κ1) is 19.6. The van der Waals surface area contributed by atoms with Crippen molar-refractivity contribution in [2.24, 2.45) is 11.7 Å². The van der Waals surface area contributed by atoms with E-state index in [0.29, 0.717) is 6.42 Å². The Morgan fingerprint density at radius 2 is 2.00 bits per heavy atom. The van der Waals surface area contributed by atoms with Crippen LogP contribution in [0.5, 0.6) is 5.75 Å². The fraction of sp³-hybridized carbons (Fsp3) is 0.533. The van der Waals surface area contributed by atoms with E-state index in [1.165, 1.54) is 18.2 Å². The summed E-state index contributed by atoms with van der Waals surface area (Å²) in [6, 6.07) is 5.79. The molecule has 0 radical (unpaired) electrons. The Hall–Kier alpha value is -1.47. The van der Waals surface area contributed by atoms with Gasteiger partial charge in [-0.25, -0.2) is 0 Å². The molecule has 0 aliphatic heterocycles. The Labute approximate surface area is 139 Å². The number of nitrogens with two attached hydrogens (primary N) is 1. The Balaban J connectivity index is 0.00000264. The number of hydrogen-bond donors (Lipinski definition) is 2. The van der Waals surface area contributed by atoms with Crippen LogP contribution in [0.2, 0.25) is 0 Å². The van der Waals surface area contributed by atoms with Gasteiger partial charge in [0.1, 0.15) is 5.75 Å². The van der Waals surface area contributed by atoms with Gasteiger partial charge in [-0.05, 0) is 25.3 Å². The summed E-state index contributed by atoms with van der Waals surface area (Å²) in [6.45, 7) is -0.00315. The molecule has 1 aliphatic carbocycles. The molecule has 0 heterocycles. The van der Waals surface area contributed by atoms with Crippen LogP contribution in [0.4, 0.5) is 13.2 Å². The van der Waals surface area contributed by atoms with Gasteiger partial charge in [0.05, 0.1) is 0 Å². The van der Waals surface area contributed by atoms with E-state index in [2.05, 4.69) is 10.1 Å². The topological polar surface area (TPSA) is 64.4 Å². The fourth-order valence-electron chi connectivity index (χ4n) is 2.67. The summed E-state index contributed by atoms with van der Waals surface area (Å²) in [4.78, 5) is 12.1. The van der Waals surface area contributed by atoms with Crippen molar-refractivity contribution in [3.8, 4) is 5.75 Å². The number of carbonyl (C=O) groups excluding carboxylic acids is 1. The Kier molecular flexibility index (Phi) is 7.15. The van der Waals surface area contributed by atoms with Crippen LogP contribution in [-0.2, 0) is 11.3 Å². The van der Waals surface area contributed by atoms with Crippen LogP contribution in [0.15, 0.2) is 24.3 Å². The Bertz CT molecular complexity index is 526. The van der Waals surface area contributed by atoms with Gasteiger partial charge in [0.15, 0.2) is 0 Å². The van der Waals surface area contributed by atoms with Crippen molar-refractivity contribution < 1.29 is 22.7 Å². The molecule has 130 valence electrons. The second kappa shape index (κ2) is 8.40. The molecule has 0 saturated heterocycles. The maximum atomic E-state index is 12.3. The summed E-state index contributed by atoms with van der Waals surface area (Å²) in [6.07, 6.45) is -1.57. The summed E-state index contributed by atoms with van der Waals surface area (Å²) in [7, 11) is 0. The Morgan fingerprint density at radius 1 is 1.30 bits per heavy atom. The summed E-state index contributed by atoms with van der Waals surface area (Å²) in [5.74, 6) is -0.632. The second-order valence-corrected chi connectivity index (χ2v) is 5.50. The number of alkyl halides is 3. The minimum atomic E-state index is -4.75. The molecule has 23 heavy (non-hydrogen) atoms. The van der Waals surface area contributed by atoms with E-state index in [9.17, 15) is 18.0 Å². The summed E-state index contributed by atoms with van der Waals surface area (Å²) < 4.78 is 40.9. The molecule has 0 aromatic heterocycles. The first-order chi connectivity index (χ1) is 10.3. The SMILES string of the molecule is Cl.NC1CCCC(C(=O)NCc2ccccc2OC(F)(F)F)C1. The normalized spacial score (nSPS) is 21.2. The van der Waals surface area contributed by atoms with Crippen LogP contribution < -0.4 is 15.8 Å². The van der Waals surface area contributed by atoms with Crippen LogP contribution in [-0.4, -0.2) is 18.3 Å². The molecule has 0 spiro atoms. The Morgan fingerprint density at radius 3 is 2.65 bits per heavy atom. The van der Waals surface area contributed by atoms with E-state index >= 15 is 0 Å². The highest BCUT2D eigenvalue weighted by atomic mass is 35.5. The summed E-state index contributed by atoms with van der Waals surface area (Å²) in [5.41, 5.74) is 6.12. The zero-order valence-corrected chi connectivity index (χ0v) is 13.3. The molecule has 0 bridgehead atoms. The third kappa shape index (κ3) is 6.27. The van der Waals surface area contributed by atoms with Gasteiger partial charge in [-0.1, -0.05) is 24.6 Å². The number of amides is 1. The zero-order chi connectivity index (χ0) is 16.2. The number of nitrogens with one attached hydrogen (secondary N) is 1. The molecule has 1 aromatic rings. The highest BCUT2D eigenvalue weighted by Crippen LogP contribution is 2.27. The molecule has 8 heteroatoms. The van der Waals surface area contributed by atoms with Crippen LogP contribution >= 0.6 is 12.4 Å². The second-order valence-electron chi connectivity index (χ2n) is 5.50. The van der Waals surface area contributed by atoms with Gasteiger partial charge in [-0.3, -0.25) is 4.79 Å². The molecule has 4 nitrogen and oxygen atoms in total. The van der Waals surface area contributed by atoms with Crippen molar-refractivity contribution in [2.75, 3.05) is 0 Å². The lowest BCUT2D eigenvalue weighted by molar-refractivity contribution is -0.274. The van der Waals surface area contributed by atoms with Crippen molar-refractivity contribution in [2.45, 2.75) is 44.6 Å². The molecule has 1 aliphatic rings. The smallest absolute Gasteiger partial charge is 0.405 e. The number of benzene rings is 1. The molecule has 1 saturated carbocycles. The van der Waals surface area contributed by atoms with E-state index in [4.69, 9.17) is 5.73 Å². The highest BCUT2D eigenvalue weighted by molar-refractivity contribution is 5.85. The molecule has 2 rings (SSSR count). The zero-order valence-electron chi connectivity index (χ0n) is 12.4. The number of halogens is 4. The molecule has 1 aromatic carbocycles. The van der Waals surface area contributed by atoms with Crippen molar-refractivity contribution >= 4 is 18.3 Å². The largest absolute Gasteiger partial charge is 0.573 e. The lowest BCUT2D eigenvalue weighted by Gasteiger charge is -2.25. The lowest BCUT2D eigenvalue weighted by Crippen LogP contribution is -2.37. The van der Waals surface area contributed by atoms with E-state index in [1.54, 1.807) is 6.07 Å². The third-order valence-electron chi connectivity index (χ3n) is 3.74. The first-order valence-electron chi connectivity index (χ1n) is 7.22. The predicted octanol–water partition coefficient (Wildman–Crippen LogP) is 3.14. The molecular weight excluding hydrogens is 333 g/mol. The molecule has 1 fully saturated rings. The van der Waals surface area contributed by atoms with Crippen molar-refractivity contribution in [3.05, 3.63) is 29.8 Å². The number of para-hydroxylation sites is 1. The van der Waals surface area contributed by atoms with Crippen LogP contribution in [0.1, 0.15) is 31.2 Å². The highest BCUT2D eigenvalue weighted by Gasteiger charge is 2.32. The summed E-state index contributed by atoms with van der Waals surface area (Å²) in [5, 5.41) is 2.67. The minimum Gasteiger partial charge on any atom is -0.405 e. The maximum Gasteiger partial charge on any atom is 0.573 e. The first-order valence-corrected chi connectivity index (χ1v) is 7.22. The van der Waals surface area contributed by atoms with Gasteiger partial charge in [0.2, 0.25) is 5.91 Å². The molecule has 2 atom stereocenters. The van der Waals surface area contributed by atoms with E-state index in [-0.39, 0.29) is 48.1 Å². The third-order valence-corrected chi connectivity index (χ3v) is 3.74. The lowest BCUT2D eigenvalue weighted by atomic mass is 9.85. The van der Waals surface area contributed by atoms with Gasteiger partial charge in [0.25, 0.3) is 0 Å². The average Bonchev–Trinajstić information content (AvgIpc) is 2.44. The van der Waals surface area contributed by atoms with E-state index in [0.717, 1.165) is 19.3 Å². The van der Waals surface area contributed by atoms with Crippen molar-refractivity contribution in [3.63, 3.8) is 0 Å². The quantitative estimate of drug-likeness (QED) is 0.875. The molecule has 2 unspecified atom stereocenters. The fourth-order valence-corrected chi connectivity index (χ4v) is 2.67. The van der Waals surface area contributed by atoms with Crippen LogP contribution in [0.25, 0.3) is 0 Å². The minimum absolute atomic E-state index is 0. The van der Waals surface area contributed by atoms with Crippen molar-refractivity contribution in [1.82, 2.24) is 5.32 Å². The van der Waals surface area contributed by atoms with E-state index < -0.39 is 6.36 Å². The monoisotopic (exact) mass is 352 g/mol. The molecular formula is C15H20ClF3N2O2. The average molecular weight is 353 g/mol. The van der Waals surface area contributed by atoms with Crippen molar-refractivity contribution in [1.29, 1.82) is 0 Å². The summed E-state index contributed by atoms with van der Waals surface area (Å²) >= 11 is 0. The molecule has 1 amide bonds.